The topological polar surface area (TPSA) is 108 Å². The van der Waals surface area contributed by atoms with Crippen molar-refractivity contribution in [3.63, 3.8) is 0 Å². The number of methoxy groups -OCH3 is 1. The Morgan fingerprint density at radius 1 is 1.06 bits per heavy atom. The van der Waals surface area contributed by atoms with Crippen LogP contribution < -0.4 is 39.4 Å². The SMILES string of the molecule is COc1ccc(-c2c(-c3ccc(F)cc3)nc(C(F)(F)F)n2CC[C@@H](O)C[C@@H](O)CC(=O)[O-])cc1.[Na+]. The van der Waals surface area contributed by atoms with Gasteiger partial charge in [-0.1, -0.05) is 0 Å². The van der Waals surface area contributed by atoms with E-state index >= 15 is 0 Å². The molecule has 0 radical (unpaired) electrons. The molecule has 1 aromatic heterocycles. The number of imidazole rings is 1. The number of rotatable bonds is 10. The molecule has 0 fully saturated rings. The Morgan fingerprint density at radius 2 is 1.64 bits per heavy atom. The van der Waals surface area contributed by atoms with Crippen molar-refractivity contribution < 1.29 is 72.0 Å². The van der Waals surface area contributed by atoms with Crippen LogP contribution in [0.3, 0.4) is 0 Å². The zero-order valence-electron chi connectivity index (χ0n) is 19.6. The van der Waals surface area contributed by atoms with Gasteiger partial charge in [-0.2, -0.15) is 13.2 Å². The second-order valence-electron chi connectivity index (χ2n) is 7.93. The summed E-state index contributed by atoms with van der Waals surface area (Å²) < 4.78 is 61.5. The Hall–Kier alpha value is -2.44. The summed E-state index contributed by atoms with van der Waals surface area (Å²) in [4.78, 5) is 14.5. The van der Waals surface area contributed by atoms with E-state index in [0.717, 1.165) is 16.7 Å². The van der Waals surface area contributed by atoms with Gasteiger partial charge in [0.15, 0.2) is 0 Å². The molecule has 0 aliphatic heterocycles. The standard InChI is InChI=1S/C24H24F4N2O5.Na/c1-35-19-8-4-15(5-9-19)22-21(14-2-6-16(25)7-3-14)29-23(24(26,27)28)30(22)11-10-17(31)12-18(32)13-20(33)34;/h2-9,17-18,31-32H,10-13H2,1H3,(H,33,34);/q;+1/p-1/t17-,18-;/m1./s1. The van der Waals surface area contributed by atoms with Crippen LogP contribution in [0.1, 0.15) is 25.1 Å². The molecule has 2 atom stereocenters. The summed E-state index contributed by atoms with van der Waals surface area (Å²) >= 11 is 0. The van der Waals surface area contributed by atoms with Gasteiger partial charge in [0.2, 0.25) is 5.82 Å². The molecule has 3 aromatic rings. The molecule has 0 aliphatic carbocycles. The maximum Gasteiger partial charge on any atom is 1.00 e. The summed E-state index contributed by atoms with van der Waals surface area (Å²) in [5, 5.41) is 30.5. The molecule has 3 rings (SSSR count). The van der Waals surface area contributed by atoms with Gasteiger partial charge < -0.3 is 29.4 Å². The molecule has 0 saturated carbocycles. The number of carbonyl (C=O) groups excluding carboxylic acids is 1. The third-order valence-electron chi connectivity index (χ3n) is 5.33. The molecule has 7 nitrogen and oxygen atoms in total. The smallest absolute Gasteiger partial charge is 0.550 e. The third kappa shape index (κ3) is 7.53. The van der Waals surface area contributed by atoms with Crippen molar-refractivity contribution in [3.8, 4) is 28.3 Å². The number of aliphatic carboxylic acids is 1. The molecule has 188 valence electrons. The second-order valence-corrected chi connectivity index (χ2v) is 7.93. The van der Waals surface area contributed by atoms with Gasteiger partial charge in [0, 0.05) is 30.1 Å². The van der Waals surface area contributed by atoms with Crippen LogP contribution in [0.5, 0.6) is 5.75 Å². The van der Waals surface area contributed by atoms with Crippen molar-refractivity contribution in [1.82, 2.24) is 9.55 Å². The maximum atomic E-state index is 14.0. The first-order valence-electron chi connectivity index (χ1n) is 10.6. The molecule has 0 aliphatic rings. The van der Waals surface area contributed by atoms with Crippen molar-refractivity contribution >= 4 is 5.97 Å². The van der Waals surface area contributed by atoms with Crippen LogP contribution in [-0.2, 0) is 17.5 Å². The van der Waals surface area contributed by atoms with E-state index in [0.29, 0.717) is 11.3 Å². The number of hydrogen-bond donors (Lipinski definition) is 2. The molecule has 0 amide bonds. The first-order chi connectivity index (χ1) is 16.5. The van der Waals surface area contributed by atoms with E-state index in [-0.39, 0.29) is 65.9 Å². The van der Waals surface area contributed by atoms with Crippen molar-refractivity contribution in [3.05, 3.63) is 60.2 Å². The number of ether oxygens (including phenoxy) is 1. The molecule has 0 bridgehead atoms. The van der Waals surface area contributed by atoms with Gasteiger partial charge in [0.25, 0.3) is 0 Å². The molecule has 0 unspecified atom stereocenters. The summed E-state index contributed by atoms with van der Waals surface area (Å²) in [5.74, 6) is -2.81. The number of nitrogens with zero attached hydrogens (tertiary/aromatic N) is 2. The van der Waals surface area contributed by atoms with Crippen LogP contribution in [-0.4, -0.2) is 45.1 Å². The van der Waals surface area contributed by atoms with E-state index in [1.165, 1.54) is 19.2 Å². The van der Waals surface area contributed by atoms with Gasteiger partial charge in [0.1, 0.15) is 11.6 Å². The van der Waals surface area contributed by atoms with Gasteiger partial charge in [-0.25, -0.2) is 9.37 Å². The Bertz CT molecular complexity index is 1150. The summed E-state index contributed by atoms with van der Waals surface area (Å²) in [6.07, 6.45) is -8.83. The van der Waals surface area contributed by atoms with Crippen molar-refractivity contribution in [2.75, 3.05) is 7.11 Å². The van der Waals surface area contributed by atoms with Crippen molar-refractivity contribution in [2.24, 2.45) is 0 Å². The first kappa shape index (κ1) is 29.8. The van der Waals surface area contributed by atoms with Gasteiger partial charge >= 0.3 is 35.7 Å². The molecule has 2 N–H and O–H groups in total. The molecule has 1 heterocycles. The Kier molecular flexibility index (Phi) is 10.5. The zero-order valence-corrected chi connectivity index (χ0v) is 21.6. The first-order valence-corrected chi connectivity index (χ1v) is 10.6. The Balaban J connectivity index is 0.00000456. The minimum atomic E-state index is -4.85. The quantitative estimate of drug-likeness (QED) is 0.290. The van der Waals surface area contributed by atoms with E-state index in [4.69, 9.17) is 4.74 Å². The van der Waals surface area contributed by atoms with E-state index in [1.807, 2.05) is 0 Å². The van der Waals surface area contributed by atoms with Crippen LogP contribution in [0.2, 0.25) is 0 Å². The minimum absolute atomic E-state index is 0. The fourth-order valence-electron chi connectivity index (χ4n) is 3.72. The van der Waals surface area contributed by atoms with Crippen LogP contribution in [0.4, 0.5) is 17.6 Å². The number of aliphatic hydroxyl groups excluding tert-OH is 2. The number of aliphatic hydroxyl groups is 2. The molecular weight excluding hydrogens is 495 g/mol. The zero-order chi connectivity index (χ0) is 25.8. The van der Waals surface area contributed by atoms with E-state index in [2.05, 4.69) is 4.98 Å². The average Bonchev–Trinajstić information content (AvgIpc) is 3.17. The number of benzene rings is 2. The number of carbonyl (C=O) groups is 1. The van der Waals surface area contributed by atoms with Crippen molar-refractivity contribution in [1.29, 1.82) is 0 Å². The molecule has 12 heteroatoms. The second kappa shape index (κ2) is 12.7. The fraction of sp³-hybridized carbons (Fsp3) is 0.333. The monoisotopic (exact) mass is 518 g/mol. The van der Waals surface area contributed by atoms with Crippen LogP contribution in [0.15, 0.2) is 48.5 Å². The number of aromatic nitrogens is 2. The summed E-state index contributed by atoms with van der Waals surface area (Å²) in [7, 11) is 1.45. The van der Waals surface area contributed by atoms with E-state index in [1.54, 1.807) is 24.3 Å². The Labute approximate surface area is 226 Å². The van der Waals surface area contributed by atoms with Gasteiger partial charge in [-0.15, -0.1) is 0 Å². The predicted molar refractivity (Wildman–Crippen MR) is 115 cm³/mol. The Morgan fingerprint density at radius 3 is 2.17 bits per heavy atom. The molecule has 36 heavy (non-hydrogen) atoms. The largest absolute Gasteiger partial charge is 1.00 e. The normalized spacial score (nSPS) is 13.1. The van der Waals surface area contributed by atoms with Crippen LogP contribution >= 0.6 is 0 Å². The van der Waals surface area contributed by atoms with E-state index in [9.17, 15) is 37.7 Å². The van der Waals surface area contributed by atoms with E-state index < -0.39 is 42.4 Å². The number of alkyl halides is 3. The number of hydrogen-bond acceptors (Lipinski definition) is 6. The average molecular weight is 518 g/mol. The summed E-state index contributed by atoms with van der Waals surface area (Å²) in [6, 6.07) is 11.1. The van der Waals surface area contributed by atoms with Gasteiger partial charge in [0.05, 0.1) is 30.7 Å². The summed E-state index contributed by atoms with van der Waals surface area (Å²) in [5.41, 5.74) is 0.689. The predicted octanol–water partition coefficient (Wildman–Crippen LogP) is 0.0296. The molecular formula is C24H23F4N2NaO5. The minimum Gasteiger partial charge on any atom is -0.550 e. The third-order valence-corrected chi connectivity index (χ3v) is 5.33. The number of carboxylic acid groups (broad SMARTS) is 1. The molecule has 2 aromatic carbocycles. The fourth-order valence-corrected chi connectivity index (χ4v) is 3.72. The molecule has 0 saturated heterocycles. The number of halogens is 4. The van der Waals surface area contributed by atoms with Crippen LogP contribution in [0, 0.1) is 5.82 Å². The molecule has 0 spiro atoms. The maximum absolute atomic E-state index is 14.0. The summed E-state index contributed by atoms with van der Waals surface area (Å²) in [6.45, 7) is -0.344. The van der Waals surface area contributed by atoms with Gasteiger partial charge in [-0.05, 0) is 61.4 Å². The van der Waals surface area contributed by atoms with Gasteiger partial charge in [-0.3, -0.25) is 0 Å². The van der Waals surface area contributed by atoms with Crippen molar-refractivity contribution in [2.45, 2.75) is 44.2 Å². The number of carboxylic acids is 1. The van der Waals surface area contributed by atoms with Crippen LogP contribution in [0.25, 0.3) is 22.5 Å².